The average molecular weight is 376 g/mol. The summed E-state index contributed by atoms with van der Waals surface area (Å²) in [6.07, 6.45) is 2.02. The van der Waals surface area contributed by atoms with E-state index in [9.17, 15) is 14.4 Å². The van der Waals surface area contributed by atoms with E-state index < -0.39 is 5.97 Å². The molecule has 1 aliphatic rings. The van der Waals surface area contributed by atoms with Gasteiger partial charge in [-0.15, -0.1) is 11.8 Å². The van der Waals surface area contributed by atoms with E-state index in [2.05, 4.69) is 4.98 Å². The summed E-state index contributed by atoms with van der Waals surface area (Å²) in [6.45, 7) is 2.41. The van der Waals surface area contributed by atoms with E-state index in [-0.39, 0.29) is 23.7 Å². The molecule has 1 fully saturated rings. The molecule has 1 atom stereocenters. The maximum absolute atomic E-state index is 12.3. The highest BCUT2D eigenvalue weighted by Gasteiger charge is 2.34. The van der Waals surface area contributed by atoms with Crippen molar-refractivity contribution in [1.29, 1.82) is 0 Å². The fourth-order valence-electron chi connectivity index (χ4n) is 3.00. The van der Waals surface area contributed by atoms with E-state index >= 15 is 0 Å². The normalized spacial score (nSPS) is 16.9. The van der Waals surface area contributed by atoms with E-state index in [1.54, 1.807) is 24.0 Å². The maximum atomic E-state index is 12.3. The fourth-order valence-corrected chi connectivity index (χ4v) is 4.24. The Bertz CT molecular complexity index is 847. The van der Waals surface area contributed by atoms with Gasteiger partial charge in [-0.1, -0.05) is 6.07 Å². The van der Waals surface area contributed by atoms with E-state index in [1.165, 1.54) is 18.9 Å². The van der Waals surface area contributed by atoms with Gasteiger partial charge in [-0.05, 0) is 19.1 Å². The molecule has 2 aromatic rings. The number of benzene rings is 1. The van der Waals surface area contributed by atoms with Crippen LogP contribution in [0.5, 0.6) is 0 Å². The molecule has 8 heteroatoms. The lowest BCUT2D eigenvalue weighted by Crippen LogP contribution is -2.30. The van der Waals surface area contributed by atoms with Crippen LogP contribution < -0.4 is 0 Å². The van der Waals surface area contributed by atoms with Crippen LogP contribution in [-0.4, -0.2) is 53.7 Å². The smallest absolute Gasteiger partial charge is 0.337 e. The van der Waals surface area contributed by atoms with Crippen molar-refractivity contribution < 1.29 is 23.9 Å². The highest BCUT2D eigenvalue weighted by Crippen LogP contribution is 2.41. The zero-order valence-electron chi connectivity index (χ0n) is 14.6. The number of thioether (sulfide) groups is 1. The lowest BCUT2D eigenvalue weighted by atomic mass is 10.1. The minimum absolute atomic E-state index is 0.00447. The molecule has 1 aromatic heterocycles. The van der Waals surface area contributed by atoms with Crippen LogP contribution in [0.25, 0.3) is 10.9 Å². The zero-order chi connectivity index (χ0) is 18.7. The number of aromatic nitrogens is 1. The summed E-state index contributed by atoms with van der Waals surface area (Å²) < 4.78 is 9.69. The summed E-state index contributed by atoms with van der Waals surface area (Å²) >= 11 is 1.52. The summed E-state index contributed by atoms with van der Waals surface area (Å²) in [5, 5.41) is 0.764. The Labute approximate surface area is 155 Å². The SMILES string of the molecule is CCOC(=O)CCN1C(=O)CSC1c1c[nH]c2cc(C(=O)OC)ccc12. The van der Waals surface area contributed by atoms with Crippen LogP contribution in [0, 0.1) is 0 Å². The number of carbonyl (C=O) groups is 3. The van der Waals surface area contributed by atoms with Gasteiger partial charge in [0.2, 0.25) is 5.91 Å². The Morgan fingerprint density at radius 1 is 1.38 bits per heavy atom. The van der Waals surface area contributed by atoms with Gasteiger partial charge < -0.3 is 19.4 Å². The molecule has 1 amide bonds. The van der Waals surface area contributed by atoms with Crippen LogP contribution in [0.1, 0.15) is 34.6 Å². The second-order valence-corrected chi connectivity index (χ2v) is 6.87. The standard InChI is InChI=1S/C18H20N2O5S/c1-3-25-16(22)6-7-20-15(21)10-26-17(20)13-9-19-14-8-11(18(23)24-2)4-5-12(13)14/h4-5,8-9,17,19H,3,6-7,10H2,1-2H3. The first-order chi connectivity index (χ1) is 12.5. The van der Waals surface area contributed by atoms with Gasteiger partial charge in [0.1, 0.15) is 5.37 Å². The Morgan fingerprint density at radius 2 is 2.19 bits per heavy atom. The van der Waals surface area contributed by atoms with Crippen LogP contribution in [0.2, 0.25) is 0 Å². The zero-order valence-corrected chi connectivity index (χ0v) is 15.4. The number of esters is 2. The number of hydrogen-bond acceptors (Lipinski definition) is 6. The predicted molar refractivity (Wildman–Crippen MR) is 97.8 cm³/mol. The van der Waals surface area contributed by atoms with Gasteiger partial charge in [0.25, 0.3) is 0 Å². The predicted octanol–water partition coefficient (Wildman–Crippen LogP) is 2.48. The Hall–Kier alpha value is -2.48. The molecule has 0 radical (unpaired) electrons. The van der Waals surface area contributed by atoms with Crippen LogP contribution in [0.4, 0.5) is 0 Å². The van der Waals surface area contributed by atoms with Crippen LogP contribution in [0.3, 0.4) is 0 Å². The fraction of sp³-hybridized carbons (Fsp3) is 0.389. The minimum atomic E-state index is -0.399. The third-order valence-electron chi connectivity index (χ3n) is 4.23. The lowest BCUT2D eigenvalue weighted by Gasteiger charge is -2.23. The number of rotatable bonds is 6. The van der Waals surface area contributed by atoms with Gasteiger partial charge in [0.15, 0.2) is 0 Å². The summed E-state index contributed by atoms with van der Waals surface area (Å²) in [5.74, 6) is -0.326. The Balaban J connectivity index is 1.83. The molecular weight excluding hydrogens is 356 g/mol. The minimum Gasteiger partial charge on any atom is -0.466 e. The molecule has 0 bridgehead atoms. The molecule has 26 heavy (non-hydrogen) atoms. The second-order valence-electron chi connectivity index (χ2n) is 5.80. The highest BCUT2D eigenvalue weighted by atomic mass is 32.2. The summed E-state index contributed by atoms with van der Waals surface area (Å²) in [5.41, 5.74) is 2.21. The molecule has 1 saturated heterocycles. The highest BCUT2D eigenvalue weighted by molar-refractivity contribution is 8.00. The maximum Gasteiger partial charge on any atom is 0.337 e. The van der Waals surface area contributed by atoms with Crippen molar-refractivity contribution in [3.63, 3.8) is 0 Å². The number of hydrogen-bond donors (Lipinski definition) is 1. The number of amides is 1. The van der Waals surface area contributed by atoms with Crippen molar-refractivity contribution in [3.05, 3.63) is 35.5 Å². The molecule has 1 N–H and O–H groups in total. The summed E-state index contributed by atoms with van der Waals surface area (Å²) in [4.78, 5) is 40.4. The molecule has 1 unspecified atom stereocenters. The van der Waals surface area contributed by atoms with Gasteiger partial charge in [0, 0.05) is 29.2 Å². The molecule has 1 aromatic carbocycles. The first kappa shape index (κ1) is 18.3. The van der Waals surface area contributed by atoms with Crippen LogP contribution in [0.15, 0.2) is 24.4 Å². The monoisotopic (exact) mass is 376 g/mol. The first-order valence-electron chi connectivity index (χ1n) is 8.31. The van der Waals surface area contributed by atoms with Gasteiger partial charge >= 0.3 is 11.9 Å². The van der Waals surface area contributed by atoms with E-state index in [1.807, 2.05) is 12.3 Å². The molecule has 0 saturated carbocycles. The van der Waals surface area contributed by atoms with E-state index in [0.29, 0.717) is 24.5 Å². The van der Waals surface area contributed by atoms with Crippen molar-refractivity contribution in [2.75, 3.05) is 26.0 Å². The number of carbonyl (C=O) groups excluding carboxylic acids is 3. The third-order valence-corrected chi connectivity index (χ3v) is 5.47. The summed E-state index contributed by atoms with van der Waals surface area (Å²) in [6, 6.07) is 5.28. The van der Waals surface area contributed by atoms with Crippen molar-refractivity contribution in [2.24, 2.45) is 0 Å². The van der Waals surface area contributed by atoms with Crippen molar-refractivity contribution >= 4 is 40.5 Å². The molecule has 7 nitrogen and oxygen atoms in total. The van der Waals surface area contributed by atoms with Gasteiger partial charge in [-0.25, -0.2) is 4.79 Å². The second kappa shape index (κ2) is 7.82. The van der Waals surface area contributed by atoms with Gasteiger partial charge in [-0.2, -0.15) is 0 Å². The Kier molecular flexibility index (Phi) is 5.51. The van der Waals surface area contributed by atoms with Crippen LogP contribution >= 0.6 is 11.8 Å². The Morgan fingerprint density at radius 3 is 2.92 bits per heavy atom. The molecule has 2 heterocycles. The molecule has 1 aliphatic heterocycles. The topological polar surface area (TPSA) is 88.7 Å². The van der Waals surface area contributed by atoms with Crippen LogP contribution in [-0.2, 0) is 19.1 Å². The lowest BCUT2D eigenvalue weighted by molar-refractivity contribution is -0.143. The molecule has 3 rings (SSSR count). The van der Waals surface area contributed by atoms with Gasteiger partial charge in [-0.3, -0.25) is 9.59 Å². The summed E-state index contributed by atoms with van der Waals surface area (Å²) in [7, 11) is 1.34. The number of nitrogens with one attached hydrogen (secondary N) is 1. The largest absolute Gasteiger partial charge is 0.466 e. The van der Waals surface area contributed by atoms with E-state index in [0.717, 1.165) is 16.5 Å². The van der Waals surface area contributed by atoms with Gasteiger partial charge in [0.05, 0.1) is 31.5 Å². The number of methoxy groups -OCH3 is 1. The van der Waals surface area contributed by atoms with Crippen molar-refractivity contribution in [1.82, 2.24) is 9.88 Å². The number of ether oxygens (including phenoxy) is 2. The third kappa shape index (κ3) is 3.55. The molecule has 138 valence electrons. The first-order valence-corrected chi connectivity index (χ1v) is 9.36. The number of fused-ring (bicyclic) bond motifs is 1. The molecule has 0 aliphatic carbocycles. The molecular formula is C18H20N2O5S. The average Bonchev–Trinajstić information content (AvgIpc) is 3.22. The number of aromatic amines is 1. The quantitative estimate of drug-likeness (QED) is 0.779. The number of H-pyrrole nitrogens is 1. The number of nitrogens with zero attached hydrogens (tertiary/aromatic N) is 1. The molecule has 0 spiro atoms. The van der Waals surface area contributed by atoms with Crippen molar-refractivity contribution in [3.8, 4) is 0 Å². The van der Waals surface area contributed by atoms with Crippen molar-refractivity contribution in [2.45, 2.75) is 18.7 Å². The van der Waals surface area contributed by atoms with E-state index in [4.69, 9.17) is 9.47 Å².